The van der Waals surface area contributed by atoms with Gasteiger partial charge in [0.15, 0.2) is 6.61 Å². The van der Waals surface area contributed by atoms with Gasteiger partial charge in [0.05, 0.1) is 6.04 Å². The van der Waals surface area contributed by atoms with Gasteiger partial charge in [-0.2, -0.15) is 0 Å². The molecular weight excluding hydrogens is 468 g/mol. The van der Waals surface area contributed by atoms with Gasteiger partial charge in [0.25, 0.3) is 11.8 Å². The van der Waals surface area contributed by atoms with Crippen molar-refractivity contribution in [2.75, 3.05) is 11.9 Å². The van der Waals surface area contributed by atoms with Crippen LogP contribution >= 0.6 is 15.9 Å². The maximum atomic E-state index is 12.7. The summed E-state index contributed by atoms with van der Waals surface area (Å²) in [6.45, 7) is 5.96. The van der Waals surface area contributed by atoms with Crippen LogP contribution in [0.1, 0.15) is 54.2 Å². The molecule has 5 nitrogen and oxygen atoms in total. The second kappa shape index (κ2) is 11.0. The molecule has 3 aromatic rings. The molecule has 0 saturated heterocycles. The van der Waals surface area contributed by atoms with E-state index in [-0.39, 0.29) is 30.4 Å². The van der Waals surface area contributed by atoms with Crippen molar-refractivity contribution in [3.8, 4) is 5.75 Å². The predicted molar refractivity (Wildman–Crippen MR) is 131 cm³/mol. The van der Waals surface area contributed by atoms with Crippen LogP contribution in [0, 0.1) is 0 Å². The average Bonchev–Trinajstić information content (AvgIpc) is 2.78. The van der Waals surface area contributed by atoms with Gasteiger partial charge in [-0.25, -0.2) is 0 Å². The van der Waals surface area contributed by atoms with Crippen LogP contribution in [0.4, 0.5) is 5.69 Å². The molecule has 0 bridgehead atoms. The first-order chi connectivity index (χ1) is 15.3. The Morgan fingerprint density at radius 2 is 1.69 bits per heavy atom. The van der Waals surface area contributed by atoms with Crippen molar-refractivity contribution in [1.82, 2.24) is 5.32 Å². The lowest BCUT2D eigenvalue weighted by Gasteiger charge is -2.15. The Morgan fingerprint density at radius 1 is 0.938 bits per heavy atom. The number of amides is 2. The number of hydrogen-bond donors (Lipinski definition) is 2. The zero-order valence-corrected chi connectivity index (χ0v) is 20.0. The first-order valence-electron chi connectivity index (χ1n) is 10.5. The van der Waals surface area contributed by atoms with Gasteiger partial charge in [-0.05, 0) is 60.4 Å². The van der Waals surface area contributed by atoms with Gasteiger partial charge in [-0.1, -0.05) is 66.2 Å². The van der Waals surface area contributed by atoms with E-state index in [1.54, 1.807) is 24.3 Å². The van der Waals surface area contributed by atoms with Crippen LogP contribution in [0.15, 0.2) is 77.3 Å². The number of benzene rings is 3. The van der Waals surface area contributed by atoms with Crippen LogP contribution in [0.3, 0.4) is 0 Å². The zero-order valence-electron chi connectivity index (χ0n) is 18.4. The van der Waals surface area contributed by atoms with Gasteiger partial charge in [0.1, 0.15) is 5.75 Å². The van der Waals surface area contributed by atoms with E-state index in [4.69, 9.17) is 4.74 Å². The van der Waals surface area contributed by atoms with Gasteiger partial charge in [0, 0.05) is 15.7 Å². The lowest BCUT2D eigenvalue weighted by atomic mass is 10.0. The minimum Gasteiger partial charge on any atom is -0.483 e. The molecule has 0 fully saturated rings. The maximum Gasteiger partial charge on any atom is 0.262 e. The third kappa shape index (κ3) is 6.44. The molecule has 6 heteroatoms. The van der Waals surface area contributed by atoms with Gasteiger partial charge >= 0.3 is 0 Å². The van der Waals surface area contributed by atoms with E-state index in [0.717, 1.165) is 15.6 Å². The standard InChI is InChI=1S/C26H27BrN2O3/c1-17(2)23-15-21(27)12-13-24(23)32-16-25(30)29-22-11-7-10-20(14-22)26(31)28-18(3)19-8-5-4-6-9-19/h4-15,17-18H,16H2,1-3H3,(H,28,31)(H,29,30). The van der Waals surface area contributed by atoms with Crippen molar-refractivity contribution >= 4 is 33.4 Å². The highest BCUT2D eigenvalue weighted by molar-refractivity contribution is 9.10. The highest BCUT2D eigenvalue weighted by Crippen LogP contribution is 2.29. The molecule has 0 aliphatic heterocycles. The highest BCUT2D eigenvalue weighted by atomic mass is 79.9. The van der Waals surface area contributed by atoms with E-state index in [1.165, 1.54) is 0 Å². The van der Waals surface area contributed by atoms with Crippen LogP contribution in [-0.2, 0) is 4.79 Å². The largest absolute Gasteiger partial charge is 0.483 e. The quantitative estimate of drug-likeness (QED) is 0.398. The summed E-state index contributed by atoms with van der Waals surface area (Å²) in [5.41, 5.74) is 3.06. The molecule has 1 atom stereocenters. The number of carbonyl (C=O) groups is 2. The predicted octanol–water partition coefficient (Wildman–Crippen LogP) is 6.08. The molecule has 2 amide bonds. The third-order valence-electron chi connectivity index (χ3n) is 5.01. The molecule has 0 aliphatic rings. The first kappa shape index (κ1) is 23.5. The van der Waals surface area contributed by atoms with Crippen LogP contribution in [-0.4, -0.2) is 18.4 Å². The van der Waals surface area contributed by atoms with Crippen molar-refractivity contribution in [2.24, 2.45) is 0 Å². The number of rotatable bonds is 8. The maximum absolute atomic E-state index is 12.7. The number of hydrogen-bond acceptors (Lipinski definition) is 3. The summed E-state index contributed by atoms with van der Waals surface area (Å²) in [6.07, 6.45) is 0. The summed E-state index contributed by atoms with van der Waals surface area (Å²) in [4.78, 5) is 25.1. The van der Waals surface area contributed by atoms with E-state index >= 15 is 0 Å². The molecular formula is C26H27BrN2O3. The van der Waals surface area contributed by atoms with Crippen LogP contribution in [0.25, 0.3) is 0 Å². The topological polar surface area (TPSA) is 67.4 Å². The van der Waals surface area contributed by atoms with Crippen molar-refractivity contribution in [1.29, 1.82) is 0 Å². The molecule has 32 heavy (non-hydrogen) atoms. The zero-order chi connectivity index (χ0) is 23.1. The number of halogens is 1. The number of carbonyl (C=O) groups excluding carboxylic acids is 2. The third-order valence-corrected chi connectivity index (χ3v) is 5.50. The average molecular weight is 495 g/mol. The Kier molecular flexibility index (Phi) is 8.06. The molecule has 0 aromatic heterocycles. The monoisotopic (exact) mass is 494 g/mol. The SMILES string of the molecule is CC(C)c1cc(Br)ccc1OCC(=O)Nc1cccc(C(=O)NC(C)c2ccccc2)c1. The lowest BCUT2D eigenvalue weighted by Crippen LogP contribution is -2.27. The summed E-state index contributed by atoms with van der Waals surface area (Å²) < 4.78 is 6.72. The lowest BCUT2D eigenvalue weighted by molar-refractivity contribution is -0.118. The number of nitrogens with one attached hydrogen (secondary N) is 2. The van der Waals surface area contributed by atoms with Gasteiger partial charge in [-0.15, -0.1) is 0 Å². The minimum atomic E-state index is -0.294. The van der Waals surface area contributed by atoms with E-state index in [1.807, 2.05) is 55.5 Å². The minimum absolute atomic E-state index is 0.122. The van der Waals surface area contributed by atoms with E-state index < -0.39 is 0 Å². The Bertz CT molecular complexity index is 1080. The fourth-order valence-corrected chi connectivity index (χ4v) is 3.66. The fraction of sp³-hybridized carbons (Fsp3) is 0.231. The number of ether oxygens (including phenoxy) is 1. The molecule has 0 heterocycles. The van der Waals surface area contributed by atoms with Gasteiger partial charge in [0.2, 0.25) is 0 Å². The van der Waals surface area contributed by atoms with Gasteiger partial charge in [-0.3, -0.25) is 9.59 Å². The molecule has 1 unspecified atom stereocenters. The molecule has 166 valence electrons. The summed E-state index contributed by atoms with van der Waals surface area (Å²) in [7, 11) is 0. The van der Waals surface area contributed by atoms with Crippen molar-refractivity contribution in [3.05, 3.63) is 94.0 Å². The van der Waals surface area contributed by atoms with Gasteiger partial charge < -0.3 is 15.4 Å². The Labute approximate surface area is 197 Å². The number of anilines is 1. The summed E-state index contributed by atoms with van der Waals surface area (Å²) in [6, 6.07) is 22.2. The van der Waals surface area contributed by atoms with Crippen LogP contribution in [0.2, 0.25) is 0 Å². The Balaban J connectivity index is 1.60. The fourth-order valence-electron chi connectivity index (χ4n) is 3.29. The normalized spacial score (nSPS) is 11.7. The van der Waals surface area contributed by atoms with Crippen molar-refractivity contribution < 1.29 is 14.3 Å². The summed E-state index contributed by atoms with van der Waals surface area (Å²) in [5, 5.41) is 5.78. The first-order valence-corrected chi connectivity index (χ1v) is 11.3. The second-order valence-corrected chi connectivity index (χ2v) is 8.78. The molecule has 2 N–H and O–H groups in total. The second-order valence-electron chi connectivity index (χ2n) is 7.86. The molecule has 0 saturated carbocycles. The summed E-state index contributed by atoms with van der Waals surface area (Å²) in [5.74, 6) is 0.448. The van der Waals surface area contributed by atoms with Crippen LogP contribution in [0.5, 0.6) is 5.75 Å². The molecule has 0 spiro atoms. The van der Waals surface area contributed by atoms with E-state index in [9.17, 15) is 9.59 Å². The molecule has 0 aliphatic carbocycles. The van der Waals surface area contributed by atoms with Crippen molar-refractivity contribution in [2.45, 2.75) is 32.7 Å². The highest BCUT2D eigenvalue weighted by Gasteiger charge is 2.14. The Hall–Kier alpha value is -3.12. The van der Waals surface area contributed by atoms with E-state index in [2.05, 4.69) is 40.4 Å². The smallest absolute Gasteiger partial charge is 0.262 e. The molecule has 0 radical (unpaired) electrons. The Morgan fingerprint density at radius 3 is 2.41 bits per heavy atom. The molecule has 3 aromatic carbocycles. The van der Waals surface area contributed by atoms with Crippen LogP contribution < -0.4 is 15.4 Å². The summed E-state index contributed by atoms with van der Waals surface area (Å²) >= 11 is 3.47. The molecule has 3 rings (SSSR count). The van der Waals surface area contributed by atoms with Crippen molar-refractivity contribution in [3.63, 3.8) is 0 Å². The van der Waals surface area contributed by atoms with E-state index in [0.29, 0.717) is 17.0 Å².